The SMILES string of the molecule is CCC(C)NC(=O)CCNc1cc(Cl)cc(Cl)c1. The Morgan fingerprint density at radius 1 is 1.28 bits per heavy atom. The average Bonchev–Trinajstić information content (AvgIpc) is 2.27. The largest absolute Gasteiger partial charge is 0.384 e. The van der Waals surface area contributed by atoms with E-state index in [0.29, 0.717) is 23.0 Å². The van der Waals surface area contributed by atoms with Gasteiger partial charge in [0.1, 0.15) is 0 Å². The minimum Gasteiger partial charge on any atom is -0.384 e. The van der Waals surface area contributed by atoms with E-state index in [-0.39, 0.29) is 11.9 Å². The number of carbonyl (C=O) groups excluding carboxylic acids is 1. The standard InChI is InChI=1S/C13H18Cl2N2O/c1-3-9(2)17-13(18)4-5-16-12-7-10(14)6-11(15)8-12/h6-9,16H,3-5H2,1-2H3,(H,17,18). The second-order valence-electron chi connectivity index (χ2n) is 4.21. The van der Waals surface area contributed by atoms with Crippen LogP contribution in [0, 0.1) is 0 Å². The monoisotopic (exact) mass is 288 g/mol. The molecule has 0 spiro atoms. The van der Waals surface area contributed by atoms with Crippen molar-refractivity contribution in [2.24, 2.45) is 0 Å². The van der Waals surface area contributed by atoms with Crippen LogP contribution in [-0.2, 0) is 4.79 Å². The van der Waals surface area contributed by atoms with Crippen molar-refractivity contribution in [3.63, 3.8) is 0 Å². The molecule has 3 nitrogen and oxygen atoms in total. The smallest absolute Gasteiger partial charge is 0.221 e. The average molecular weight is 289 g/mol. The highest BCUT2D eigenvalue weighted by Gasteiger charge is 2.05. The van der Waals surface area contributed by atoms with Gasteiger partial charge in [0.25, 0.3) is 0 Å². The molecule has 5 heteroatoms. The lowest BCUT2D eigenvalue weighted by Gasteiger charge is -2.12. The molecule has 1 aromatic rings. The van der Waals surface area contributed by atoms with Crippen molar-refractivity contribution in [1.29, 1.82) is 0 Å². The number of amides is 1. The summed E-state index contributed by atoms with van der Waals surface area (Å²) >= 11 is 11.8. The number of rotatable bonds is 6. The topological polar surface area (TPSA) is 41.1 Å². The van der Waals surface area contributed by atoms with Gasteiger partial charge in [0.05, 0.1) is 0 Å². The second-order valence-corrected chi connectivity index (χ2v) is 5.08. The fraction of sp³-hybridized carbons (Fsp3) is 0.462. The van der Waals surface area contributed by atoms with Crippen LogP contribution in [0.25, 0.3) is 0 Å². The molecule has 0 radical (unpaired) electrons. The van der Waals surface area contributed by atoms with E-state index < -0.39 is 0 Å². The Balaban J connectivity index is 2.35. The number of benzene rings is 1. The molecule has 0 aliphatic carbocycles. The van der Waals surface area contributed by atoms with Crippen LogP contribution in [0.4, 0.5) is 5.69 Å². The van der Waals surface area contributed by atoms with Gasteiger partial charge in [-0.1, -0.05) is 30.1 Å². The normalized spacial score (nSPS) is 12.0. The summed E-state index contributed by atoms with van der Waals surface area (Å²) in [6.45, 7) is 4.58. The third-order valence-electron chi connectivity index (χ3n) is 2.56. The highest BCUT2D eigenvalue weighted by atomic mass is 35.5. The molecule has 0 aliphatic rings. The lowest BCUT2D eigenvalue weighted by atomic mass is 10.2. The summed E-state index contributed by atoms with van der Waals surface area (Å²) < 4.78 is 0. The molecule has 2 N–H and O–H groups in total. The highest BCUT2D eigenvalue weighted by Crippen LogP contribution is 2.22. The van der Waals surface area contributed by atoms with Gasteiger partial charge in [-0.15, -0.1) is 0 Å². The Hall–Kier alpha value is -0.930. The predicted octanol–water partition coefficient (Wildman–Crippen LogP) is 3.71. The van der Waals surface area contributed by atoms with Crippen molar-refractivity contribution in [3.05, 3.63) is 28.2 Å². The molecule has 0 heterocycles. The minimum atomic E-state index is 0.0463. The van der Waals surface area contributed by atoms with Crippen molar-refractivity contribution >= 4 is 34.8 Å². The van der Waals surface area contributed by atoms with Crippen LogP contribution in [-0.4, -0.2) is 18.5 Å². The molecular weight excluding hydrogens is 271 g/mol. The Morgan fingerprint density at radius 3 is 2.44 bits per heavy atom. The molecule has 0 saturated carbocycles. The van der Waals surface area contributed by atoms with Crippen molar-refractivity contribution in [2.45, 2.75) is 32.7 Å². The maximum Gasteiger partial charge on any atom is 0.221 e. The van der Waals surface area contributed by atoms with Gasteiger partial charge in [-0.25, -0.2) is 0 Å². The molecular formula is C13H18Cl2N2O. The van der Waals surface area contributed by atoms with Crippen LogP contribution in [0.15, 0.2) is 18.2 Å². The number of anilines is 1. The summed E-state index contributed by atoms with van der Waals surface area (Å²) in [7, 11) is 0. The molecule has 0 aromatic heterocycles. The van der Waals surface area contributed by atoms with E-state index in [9.17, 15) is 4.79 Å². The lowest BCUT2D eigenvalue weighted by molar-refractivity contribution is -0.121. The molecule has 1 unspecified atom stereocenters. The molecule has 1 atom stereocenters. The van der Waals surface area contributed by atoms with E-state index >= 15 is 0 Å². The fourth-order valence-electron chi connectivity index (χ4n) is 1.43. The molecule has 100 valence electrons. The van der Waals surface area contributed by atoms with Gasteiger partial charge >= 0.3 is 0 Å². The molecule has 18 heavy (non-hydrogen) atoms. The van der Waals surface area contributed by atoms with E-state index in [0.717, 1.165) is 12.1 Å². The van der Waals surface area contributed by atoms with Crippen LogP contribution in [0.2, 0.25) is 10.0 Å². The van der Waals surface area contributed by atoms with E-state index in [1.165, 1.54) is 0 Å². The second kappa shape index (κ2) is 7.49. The maximum absolute atomic E-state index is 11.5. The lowest BCUT2D eigenvalue weighted by Crippen LogP contribution is -2.32. The van der Waals surface area contributed by atoms with Crippen LogP contribution in [0.3, 0.4) is 0 Å². The Morgan fingerprint density at radius 2 is 1.89 bits per heavy atom. The Bertz CT molecular complexity index is 390. The zero-order chi connectivity index (χ0) is 13.5. The summed E-state index contributed by atoms with van der Waals surface area (Å²) in [6.07, 6.45) is 1.36. The summed E-state index contributed by atoms with van der Waals surface area (Å²) in [4.78, 5) is 11.5. The van der Waals surface area contributed by atoms with E-state index in [1.54, 1.807) is 18.2 Å². The van der Waals surface area contributed by atoms with Gasteiger partial charge in [0.15, 0.2) is 0 Å². The Labute approximate surface area is 118 Å². The highest BCUT2D eigenvalue weighted by molar-refractivity contribution is 6.35. The molecule has 1 rings (SSSR count). The van der Waals surface area contributed by atoms with Crippen LogP contribution >= 0.6 is 23.2 Å². The number of carbonyl (C=O) groups is 1. The van der Waals surface area contributed by atoms with Crippen molar-refractivity contribution in [3.8, 4) is 0 Å². The fourth-order valence-corrected chi connectivity index (χ4v) is 1.95. The molecule has 0 saturated heterocycles. The third kappa shape index (κ3) is 5.61. The molecule has 1 aromatic carbocycles. The predicted molar refractivity (Wildman–Crippen MR) is 77.5 cm³/mol. The van der Waals surface area contributed by atoms with Crippen molar-refractivity contribution in [1.82, 2.24) is 5.32 Å². The first kappa shape index (κ1) is 15.1. The molecule has 1 amide bonds. The minimum absolute atomic E-state index is 0.0463. The van der Waals surface area contributed by atoms with Crippen LogP contribution in [0.5, 0.6) is 0 Å². The van der Waals surface area contributed by atoms with E-state index in [2.05, 4.69) is 10.6 Å². The number of nitrogens with one attached hydrogen (secondary N) is 2. The zero-order valence-electron chi connectivity index (χ0n) is 10.6. The first-order valence-corrected chi connectivity index (χ1v) is 6.76. The molecule has 0 fully saturated rings. The van der Waals surface area contributed by atoms with Crippen molar-refractivity contribution in [2.75, 3.05) is 11.9 Å². The van der Waals surface area contributed by atoms with Gasteiger partial charge in [-0.2, -0.15) is 0 Å². The van der Waals surface area contributed by atoms with Gasteiger partial charge < -0.3 is 10.6 Å². The van der Waals surface area contributed by atoms with Crippen molar-refractivity contribution < 1.29 is 4.79 Å². The van der Waals surface area contributed by atoms with E-state index in [4.69, 9.17) is 23.2 Å². The van der Waals surface area contributed by atoms with E-state index in [1.807, 2.05) is 13.8 Å². The number of halogens is 2. The summed E-state index contributed by atoms with van der Waals surface area (Å²) in [6, 6.07) is 5.45. The molecule has 0 aliphatic heterocycles. The van der Waals surface area contributed by atoms with Gasteiger partial charge in [-0.05, 0) is 31.5 Å². The third-order valence-corrected chi connectivity index (χ3v) is 3.00. The zero-order valence-corrected chi connectivity index (χ0v) is 12.1. The summed E-state index contributed by atoms with van der Waals surface area (Å²) in [5.74, 6) is 0.0463. The first-order chi connectivity index (χ1) is 8.51. The maximum atomic E-state index is 11.5. The quantitative estimate of drug-likeness (QED) is 0.838. The summed E-state index contributed by atoms with van der Waals surface area (Å²) in [5, 5.41) is 7.18. The summed E-state index contributed by atoms with van der Waals surface area (Å²) in [5.41, 5.74) is 0.823. The Kier molecular flexibility index (Phi) is 6.30. The number of hydrogen-bond donors (Lipinski definition) is 2. The van der Waals surface area contributed by atoms with Gasteiger partial charge in [-0.3, -0.25) is 4.79 Å². The van der Waals surface area contributed by atoms with Crippen LogP contribution < -0.4 is 10.6 Å². The van der Waals surface area contributed by atoms with Gasteiger partial charge in [0.2, 0.25) is 5.91 Å². The molecule has 0 bridgehead atoms. The first-order valence-electron chi connectivity index (χ1n) is 6.00. The number of hydrogen-bond acceptors (Lipinski definition) is 2. The van der Waals surface area contributed by atoms with Crippen LogP contribution in [0.1, 0.15) is 26.7 Å². The van der Waals surface area contributed by atoms with Gasteiger partial charge in [0, 0.05) is 34.7 Å².